The first-order valence-electron chi connectivity index (χ1n) is 9.90. The molecule has 0 rings (SSSR count). The number of aliphatic hydroxyl groups is 1. The molecule has 0 aromatic rings. The first-order chi connectivity index (χ1) is 14.3. The van der Waals surface area contributed by atoms with Crippen LogP contribution < -0.4 is 33.2 Å². The Kier molecular flexibility index (Phi) is 12.1. The second-order valence-corrected chi connectivity index (χ2v) is 7.58. The van der Waals surface area contributed by atoms with Crippen molar-refractivity contribution in [1.29, 1.82) is 0 Å². The van der Waals surface area contributed by atoms with Gasteiger partial charge >= 0.3 is 5.97 Å². The number of hydrogen-bond donors (Lipinski definition) is 8. The van der Waals surface area contributed by atoms with Gasteiger partial charge in [-0.25, -0.2) is 4.79 Å². The zero-order valence-corrected chi connectivity index (χ0v) is 18.3. The zero-order chi connectivity index (χ0) is 24.3. The van der Waals surface area contributed by atoms with Crippen molar-refractivity contribution in [2.24, 2.45) is 28.1 Å². The van der Waals surface area contributed by atoms with Crippen LogP contribution in [0.5, 0.6) is 0 Å². The molecule has 31 heavy (non-hydrogen) atoms. The number of carboxylic acids is 1. The quantitative estimate of drug-likeness (QED) is 0.0815. The Morgan fingerprint density at radius 1 is 0.935 bits per heavy atom. The van der Waals surface area contributed by atoms with Crippen LogP contribution in [0.1, 0.15) is 40.5 Å². The minimum absolute atomic E-state index is 0.0838. The molecule has 5 unspecified atom stereocenters. The maximum absolute atomic E-state index is 12.6. The summed E-state index contributed by atoms with van der Waals surface area (Å²) in [7, 11) is 0. The van der Waals surface area contributed by atoms with Gasteiger partial charge in [0.1, 0.15) is 24.2 Å². The fourth-order valence-electron chi connectivity index (χ4n) is 2.43. The summed E-state index contributed by atoms with van der Waals surface area (Å²) in [5.74, 6) is -3.78. The SMILES string of the molecule is CC(NC(=O)C(NC(=O)C(N)C(C)O)C(C)C)C(=O)NC(CCCN=C(N)N)C(=O)O. The summed E-state index contributed by atoms with van der Waals surface area (Å²) in [6, 6.07) is -4.49. The van der Waals surface area contributed by atoms with Gasteiger partial charge in [-0.15, -0.1) is 0 Å². The number of carboxylic acid groups (broad SMARTS) is 1. The van der Waals surface area contributed by atoms with Crippen LogP contribution in [0, 0.1) is 5.92 Å². The molecule has 13 nitrogen and oxygen atoms in total. The number of rotatable bonds is 13. The first-order valence-corrected chi connectivity index (χ1v) is 9.90. The lowest BCUT2D eigenvalue weighted by molar-refractivity contribution is -0.142. The van der Waals surface area contributed by atoms with Gasteiger partial charge in [0.25, 0.3) is 0 Å². The zero-order valence-electron chi connectivity index (χ0n) is 18.3. The van der Waals surface area contributed by atoms with E-state index in [9.17, 15) is 29.4 Å². The van der Waals surface area contributed by atoms with Crippen LogP contribution in [-0.2, 0) is 19.2 Å². The van der Waals surface area contributed by atoms with Crippen molar-refractivity contribution in [3.63, 3.8) is 0 Å². The van der Waals surface area contributed by atoms with Gasteiger partial charge in [-0.1, -0.05) is 13.8 Å². The van der Waals surface area contributed by atoms with Gasteiger partial charge in [0.05, 0.1) is 6.10 Å². The van der Waals surface area contributed by atoms with Crippen LogP contribution in [-0.4, -0.2) is 76.7 Å². The van der Waals surface area contributed by atoms with E-state index in [0.717, 1.165) is 0 Å². The van der Waals surface area contributed by atoms with Gasteiger partial charge in [-0.05, 0) is 32.6 Å². The Morgan fingerprint density at radius 3 is 1.97 bits per heavy atom. The summed E-state index contributed by atoms with van der Waals surface area (Å²) in [6.07, 6.45) is -0.707. The summed E-state index contributed by atoms with van der Waals surface area (Å²) in [4.78, 5) is 52.1. The summed E-state index contributed by atoms with van der Waals surface area (Å²) < 4.78 is 0. The van der Waals surface area contributed by atoms with E-state index in [1.165, 1.54) is 13.8 Å². The highest BCUT2D eigenvalue weighted by atomic mass is 16.4. The van der Waals surface area contributed by atoms with Crippen LogP contribution in [0.4, 0.5) is 0 Å². The molecule has 0 aliphatic heterocycles. The third kappa shape index (κ3) is 10.6. The van der Waals surface area contributed by atoms with E-state index in [4.69, 9.17) is 17.2 Å². The van der Waals surface area contributed by atoms with E-state index in [1.54, 1.807) is 13.8 Å². The molecule has 0 heterocycles. The van der Waals surface area contributed by atoms with Crippen molar-refractivity contribution in [3.05, 3.63) is 0 Å². The number of guanidine groups is 1. The topological polar surface area (TPSA) is 235 Å². The number of carbonyl (C=O) groups is 4. The molecule has 3 amide bonds. The maximum atomic E-state index is 12.6. The molecule has 0 radical (unpaired) electrons. The fourth-order valence-corrected chi connectivity index (χ4v) is 2.43. The Hall–Kier alpha value is -2.93. The monoisotopic (exact) mass is 445 g/mol. The van der Waals surface area contributed by atoms with E-state index >= 15 is 0 Å². The number of aliphatic carboxylic acids is 1. The average Bonchev–Trinajstić information content (AvgIpc) is 2.66. The van der Waals surface area contributed by atoms with E-state index in [0.29, 0.717) is 6.42 Å². The van der Waals surface area contributed by atoms with Crippen molar-refractivity contribution in [2.45, 2.75) is 70.8 Å². The number of aliphatic imine (C=N–C) groups is 1. The number of nitrogens with one attached hydrogen (secondary N) is 3. The predicted molar refractivity (Wildman–Crippen MR) is 114 cm³/mol. The Morgan fingerprint density at radius 2 is 1.52 bits per heavy atom. The van der Waals surface area contributed by atoms with Gasteiger partial charge in [0.15, 0.2) is 5.96 Å². The summed E-state index contributed by atoms with van der Waals surface area (Å²) >= 11 is 0. The molecule has 0 saturated carbocycles. The second kappa shape index (κ2) is 13.4. The predicted octanol–water partition coefficient (Wildman–Crippen LogP) is -3.04. The highest BCUT2D eigenvalue weighted by Crippen LogP contribution is 2.05. The normalized spacial score (nSPS) is 15.7. The average molecular weight is 446 g/mol. The molecule has 0 aliphatic carbocycles. The van der Waals surface area contributed by atoms with Crippen molar-refractivity contribution in [2.75, 3.05) is 6.54 Å². The lowest BCUT2D eigenvalue weighted by atomic mass is 10.0. The minimum atomic E-state index is -1.24. The third-order valence-electron chi connectivity index (χ3n) is 4.38. The smallest absolute Gasteiger partial charge is 0.326 e. The number of aliphatic hydroxyl groups excluding tert-OH is 1. The van der Waals surface area contributed by atoms with Crippen LogP contribution in [0.2, 0.25) is 0 Å². The van der Waals surface area contributed by atoms with Gasteiger partial charge in [-0.2, -0.15) is 0 Å². The third-order valence-corrected chi connectivity index (χ3v) is 4.38. The van der Waals surface area contributed by atoms with Gasteiger partial charge < -0.3 is 43.4 Å². The van der Waals surface area contributed by atoms with Gasteiger partial charge in [0, 0.05) is 6.54 Å². The van der Waals surface area contributed by atoms with E-state index in [2.05, 4.69) is 20.9 Å². The van der Waals surface area contributed by atoms with E-state index < -0.39 is 54.0 Å². The van der Waals surface area contributed by atoms with Crippen molar-refractivity contribution >= 4 is 29.7 Å². The Labute approximate surface area is 181 Å². The number of nitrogens with zero attached hydrogens (tertiary/aromatic N) is 1. The molecule has 11 N–H and O–H groups in total. The van der Waals surface area contributed by atoms with Crippen LogP contribution in [0.25, 0.3) is 0 Å². The fraction of sp³-hybridized carbons (Fsp3) is 0.722. The molecule has 0 spiro atoms. The van der Waals surface area contributed by atoms with Crippen LogP contribution in [0.15, 0.2) is 4.99 Å². The second-order valence-electron chi connectivity index (χ2n) is 7.58. The van der Waals surface area contributed by atoms with Crippen molar-refractivity contribution in [1.82, 2.24) is 16.0 Å². The van der Waals surface area contributed by atoms with Gasteiger partial charge in [-0.3, -0.25) is 19.4 Å². The molecule has 13 heteroatoms. The number of nitrogens with two attached hydrogens (primary N) is 3. The lowest BCUT2D eigenvalue weighted by Gasteiger charge is -2.26. The maximum Gasteiger partial charge on any atom is 0.326 e. The lowest BCUT2D eigenvalue weighted by Crippen LogP contribution is -2.58. The Balaban J connectivity index is 4.94. The van der Waals surface area contributed by atoms with Crippen LogP contribution >= 0.6 is 0 Å². The summed E-state index contributed by atoms with van der Waals surface area (Å²) in [5.41, 5.74) is 16.0. The molecule has 5 atom stereocenters. The number of amides is 3. The first kappa shape index (κ1) is 28.1. The molecular formula is C18H35N7O6. The molecule has 0 aromatic heterocycles. The number of carbonyl (C=O) groups excluding carboxylic acids is 3. The largest absolute Gasteiger partial charge is 0.480 e. The molecule has 0 bridgehead atoms. The van der Waals surface area contributed by atoms with E-state index in [-0.39, 0.29) is 24.8 Å². The molecule has 0 aliphatic rings. The highest BCUT2D eigenvalue weighted by molar-refractivity contribution is 5.94. The molecule has 178 valence electrons. The standard InChI is InChI=1S/C18H35N7O6/c1-8(2)13(25-15(28)12(19)10(4)26)16(29)23-9(3)14(27)24-11(17(30)31)6-5-7-22-18(20)21/h8-13,26H,5-7,19H2,1-4H3,(H,23,29)(H,24,27)(H,25,28)(H,30,31)(H4,20,21,22). The highest BCUT2D eigenvalue weighted by Gasteiger charge is 2.30. The van der Waals surface area contributed by atoms with Crippen molar-refractivity contribution < 1.29 is 29.4 Å². The summed E-state index contributed by atoms with van der Waals surface area (Å²) in [6.45, 7) is 6.29. The summed E-state index contributed by atoms with van der Waals surface area (Å²) in [5, 5.41) is 26.0. The molecule has 0 saturated heterocycles. The van der Waals surface area contributed by atoms with Crippen molar-refractivity contribution in [3.8, 4) is 0 Å². The minimum Gasteiger partial charge on any atom is -0.480 e. The molecule has 0 aromatic carbocycles. The van der Waals surface area contributed by atoms with Gasteiger partial charge in [0.2, 0.25) is 17.7 Å². The van der Waals surface area contributed by atoms with Crippen LogP contribution in [0.3, 0.4) is 0 Å². The molecule has 0 fully saturated rings. The Bertz CT molecular complexity index is 664. The van der Waals surface area contributed by atoms with E-state index in [1.807, 2.05) is 0 Å². The molecular weight excluding hydrogens is 410 g/mol. The number of hydrogen-bond acceptors (Lipinski definition) is 7.